The van der Waals surface area contributed by atoms with Crippen LogP contribution >= 0.6 is 35.2 Å². The van der Waals surface area contributed by atoms with Gasteiger partial charge in [0.2, 0.25) is 0 Å². The SMILES string of the molecule is COC1(I)C=CC=CC1S. The van der Waals surface area contributed by atoms with Gasteiger partial charge in [-0.25, -0.2) is 0 Å². The molecule has 1 rings (SSSR count). The zero-order valence-corrected chi connectivity index (χ0v) is 8.67. The second kappa shape index (κ2) is 3.28. The molecular weight excluding hydrogens is 259 g/mol. The van der Waals surface area contributed by atoms with Crippen molar-refractivity contribution < 1.29 is 4.74 Å². The summed E-state index contributed by atoms with van der Waals surface area (Å²) >= 11 is 6.59. The number of hydrogen-bond acceptors (Lipinski definition) is 2. The molecule has 0 spiro atoms. The molecule has 1 nitrogen and oxygen atoms in total. The lowest BCUT2D eigenvalue weighted by Crippen LogP contribution is -2.31. The lowest BCUT2D eigenvalue weighted by molar-refractivity contribution is 0.132. The molecule has 0 radical (unpaired) electrons. The van der Waals surface area contributed by atoms with Gasteiger partial charge in [-0.05, 0) is 28.7 Å². The minimum Gasteiger partial charge on any atom is -0.363 e. The quantitative estimate of drug-likeness (QED) is 0.435. The van der Waals surface area contributed by atoms with Gasteiger partial charge >= 0.3 is 0 Å². The molecule has 2 atom stereocenters. The highest BCUT2D eigenvalue weighted by atomic mass is 127. The predicted octanol–water partition coefficient (Wildman–Crippen LogP) is 2.19. The van der Waals surface area contributed by atoms with Crippen LogP contribution in [-0.2, 0) is 4.74 Å². The lowest BCUT2D eigenvalue weighted by atomic mass is 10.1. The van der Waals surface area contributed by atoms with Crippen molar-refractivity contribution in [3.05, 3.63) is 24.3 Å². The van der Waals surface area contributed by atoms with E-state index >= 15 is 0 Å². The summed E-state index contributed by atoms with van der Waals surface area (Å²) in [5, 5.41) is 0.156. The van der Waals surface area contributed by atoms with E-state index in [4.69, 9.17) is 4.74 Å². The monoisotopic (exact) mass is 268 g/mol. The molecule has 3 heteroatoms. The van der Waals surface area contributed by atoms with Crippen LogP contribution in [0.2, 0.25) is 0 Å². The van der Waals surface area contributed by atoms with Gasteiger partial charge in [-0.1, -0.05) is 18.2 Å². The van der Waals surface area contributed by atoms with E-state index < -0.39 is 0 Å². The second-order valence-corrected chi connectivity index (χ2v) is 4.33. The van der Waals surface area contributed by atoms with Crippen LogP contribution in [0, 0.1) is 0 Å². The summed E-state index contributed by atoms with van der Waals surface area (Å²) in [6, 6.07) is 0. The molecule has 0 aromatic rings. The van der Waals surface area contributed by atoms with Crippen molar-refractivity contribution in [2.24, 2.45) is 0 Å². The maximum Gasteiger partial charge on any atom is 0.152 e. The van der Waals surface area contributed by atoms with Gasteiger partial charge in [-0.2, -0.15) is 12.6 Å². The molecular formula is C7H9IOS. The topological polar surface area (TPSA) is 9.23 Å². The van der Waals surface area contributed by atoms with Crippen molar-refractivity contribution >= 4 is 35.2 Å². The van der Waals surface area contributed by atoms with E-state index in [-0.39, 0.29) is 8.86 Å². The van der Waals surface area contributed by atoms with Crippen LogP contribution in [0.3, 0.4) is 0 Å². The van der Waals surface area contributed by atoms with Gasteiger partial charge in [0.1, 0.15) is 0 Å². The number of ether oxygens (including phenoxy) is 1. The van der Waals surface area contributed by atoms with Gasteiger partial charge < -0.3 is 4.74 Å². The molecule has 2 unspecified atom stereocenters. The van der Waals surface area contributed by atoms with Gasteiger partial charge in [0, 0.05) is 7.11 Å². The maximum atomic E-state index is 5.26. The van der Waals surface area contributed by atoms with E-state index in [9.17, 15) is 0 Å². The maximum absolute atomic E-state index is 5.26. The Balaban J connectivity index is 2.77. The Morgan fingerprint density at radius 3 is 2.70 bits per heavy atom. The number of hydrogen-bond donors (Lipinski definition) is 1. The molecule has 0 amide bonds. The van der Waals surface area contributed by atoms with Crippen LogP contribution in [-0.4, -0.2) is 16.0 Å². The number of alkyl halides is 1. The smallest absolute Gasteiger partial charge is 0.152 e. The Kier molecular flexibility index (Phi) is 2.82. The fourth-order valence-corrected chi connectivity index (χ4v) is 1.48. The van der Waals surface area contributed by atoms with Crippen LogP contribution < -0.4 is 0 Å². The minimum absolute atomic E-state index is 0.156. The Labute approximate surface area is 80.1 Å². The van der Waals surface area contributed by atoms with E-state index in [2.05, 4.69) is 35.2 Å². The normalized spacial score (nSPS) is 38.5. The van der Waals surface area contributed by atoms with Gasteiger partial charge in [-0.3, -0.25) is 0 Å². The van der Waals surface area contributed by atoms with Crippen molar-refractivity contribution in [3.63, 3.8) is 0 Å². The predicted molar refractivity (Wildman–Crippen MR) is 54.8 cm³/mol. The average molecular weight is 268 g/mol. The third-order valence-corrected chi connectivity index (χ3v) is 3.96. The summed E-state index contributed by atoms with van der Waals surface area (Å²) in [7, 11) is 1.69. The number of halogens is 1. The minimum atomic E-state index is -0.254. The molecule has 0 saturated heterocycles. The second-order valence-electron chi connectivity index (χ2n) is 2.09. The van der Waals surface area contributed by atoms with Gasteiger partial charge in [0.25, 0.3) is 0 Å². The van der Waals surface area contributed by atoms with E-state index in [1.165, 1.54) is 0 Å². The first kappa shape index (κ1) is 8.62. The molecule has 0 bridgehead atoms. The van der Waals surface area contributed by atoms with Crippen molar-refractivity contribution in [1.82, 2.24) is 0 Å². The van der Waals surface area contributed by atoms with Crippen LogP contribution in [0.4, 0.5) is 0 Å². The third-order valence-electron chi connectivity index (χ3n) is 1.44. The fraction of sp³-hybridized carbons (Fsp3) is 0.429. The van der Waals surface area contributed by atoms with Gasteiger partial charge in [0.15, 0.2) is 3.61 Å². The summed E-state index contributed by atoms with van der Waals surface area (Å²) in [4.78, 5) is 0. The van der Waals surface area contributed by atoms with Crippen LogP contribution in [0.15, 0.2) is 24.3 Å². The standard InChI is InChI=1S/C7H9IOS/c1-9-7(8)5-3-2-4-6(7)10/h2-6,10H,1H3. The Morgan fingerprint density at radius 2 is 2.30 bits per heavy atom. The highest BCUT2D eigenvalue weighted by Gasteiger charge is 2.30. The molecule has 10 heavy (non-hydrogen) atoms. The van der Waals surface area contributed by atoms with Crippen molar-refractivity contribution in [2.45, 2.75) is 8.86 Å². The number of thiol groups is 1. The molecule has 0 fully saturated rings. The first-order valence-electron chi connectivity index (χ1n) is 2.97. The molecule has 0 aromatic carbocycles. The zero-order valence-electron chi connectivity index (χ0n) is 5.62. The highest BCUT2D eigenvalue weighted by Crippen LogP contribution is 2.32. The van der Waals surface area contributed by atoms with E-state index in [0.29, 0.717) is 0 Å². The van der Waals surface area contributed by atoms with Gasteiger partial charge in [-0.15, -0.1) is 0 Å². The molecule has 56 valence electrons. The van der Waals surface area contributed by atoms with E-state index in [1.54, 1.807) is 7.11 Å². The summed E-state index contributed by atoms with van der Waals surface area (Å²) in [6.07, 6.45) is 7.97. The summed E-state index contributed by atoms with van der Waals surface area (Å²) in [6.45, 7) is 0. The van der Waals surface area contributed by atoms with E-state index in [1.807, 2.05) is 24.3 Å². The van der Waals surface area contributed by atoms with Crippen LogP contribution in [0.1, 0.15) is 0 Å². The zero-order chi connectivity index (χ0) is 7.61. The Hall–Kier alpha value is 0.520. The van der Waals surface area contributed by atoms with E-state index in [0.717, 1.165) is 0 Å². The molecule has 0 heterocycles. The van der Waals surface area contributed by atoms with Crippen LogP contribution in [0.5, 0.6) is 0 Å². The van der Waals surface area contributed by atoms with Gasteiger partial charge in [0.05, 0.1) is 5.25 Å². The molecule has 0 aliphatic heterocycles. The molecule has 0 aromatic heterocycles. The number of rotatable bonds is 1. The first-order valence-corrected chi connectivity index (χ1v) is 4.57. The highest BCUT2D eigenvalue weighted by molar-refractivity contribution is 14.1. The Bertz CT molecular complexity index is 178. The average Bonchev–Trinajstić information content (AvgIpc) is 1.96. The Morgan fingerprint density at radius 1 is 1.60 bits per heavy atom. The molecule has 0 saturated carbocycles. The lowest BCUT2D eigenvalue weighted by Gasteiger charge is -2.28. The van der Waals surface area contributed by atoms with Crippen molar-refractivity contribution in [3.8, 4) is 0 Å². The number of allylic oxidation sites excluding steroid dienone is 2. The van der Waals surface area contributed by atoms with Crippen molar-refractivity contribution in [2.75, 3.05) is 7.11 Å². The molecule has 1 aliphatic carbocycles. The number of methoxy groups -OCH3 is 1. The fourth-order valence-electron chi connectivity index (χ4n) is 0.775. The first-order chi connectivity index (χ1) is 4.69. The largest absolute Gasteiger partial charge is 0.363 e. The summed E-state index contributed by atoms with van der Waals surface area (Å²) in [5.74, 6) is 0. The van der Waals surface area contributed by atoms with Crippen molar-refractivity contribution in [1.29, 1.82) is 0 Å². The summed E-state index contributed by atoms with van der Waals surface area (Å²) in [5.41, 5.74) is 0. The molecule has 0 N–H and O–H groups in total. The summed E-state index contributed by atoms with van der Waals surface area (Å²) < 4.78 is 5.01. The van der Waals surface area contributed by atoms with Crippen LogP contribution in [0.25, 0.3) is 0 Å². The molecule has 1 aliphatic rings. The third kappa shape index (κ3) is 1.57.